The Hall–Kier alpha value is -1.06. The number of carbonyl (C=O) groups excluding carboxylic acids is 1. The lowest BCUT2D eigenvalue weighted by Gasteiger charge is -2.39. The first-order chi connectivity index (χ1) is 8.68. The molecule has 0 aromatic rings. The highest BCUT2D eigenvalue weighted by Gasteiger charge is 2.45. The van der Waals surface area contributed by atoms with E-state index in [-0.39, 0.29) is 11.8 Å². The van der Waals surface area contributed by atoms with Gasteiger partial charge >= 0.3 is 5.97 Å². The summed E-state index contributed by atoms with van der Waals surface area (Å²) in [6.45, 7) is 6.89. The summed E-state index contributed by atoms with van der Waals surface area (Å²) < 4.78 is 0. The summed E-state index contributed by atoms with van der Waals surface area (Å²) in [6.07, 6.45) is 6.45. The first-order valence-electron chi connectivity index (χ1n) is 7.24. The van der Waals surface area contributed by atoms with Crippen LogP contribution in [0.4, 0.5) is 0 Å². The topological polar surface area (TPSA) is 66.4 Å². The van der Waals surface area contributed by atoms with Crippen molar-refractivity contribution in [1.29, 1.82) is 0 Å². The van der Waals surface area contributed by atoms with E-state index in [1.54, 1.807) is 27.7 Å². The molecule has 1 saturated carbocycles. The van der Waals surface area contributed by atoms with Gasteiger partial charge in [0.25, 0.3) is 0 Å². The molecule has 4 heteroatoms. The number of carbonyl (C=O) groups is 2. The van der Waals surface area contributed by atoms with E-state index < -0.39 is 16.9 Å². The zero-order valence-corrected chi connectivity index (χ0v) is 12.6. The van der Waals surface area contributed by atoms with Gasteiger partial charge in [0, 0.05) is 11.5 Å². The second kappa shape index (κ2) is 5.93. The molecule has 0 saturated heterocycles. The molecule has 1 rings (SSSR count). The van der Waals surface area contributed by atoms with Crippen LogP contribution < -0.4 is 5.32 Å². The van der Waals surface area contributed by atoms with Crippen molar-refractivity contribution in [2.45, 2.75) is 71.8 Å². The van der Waals surface area contributed by atoms with Crippen LogP contribution in [-0.2, 0) is 9.59 Å². The Kier molecular flexibility index (Phi) is 4.99. The summed E-state index contributed by atoms with van der Waals surface area (Å²) in [4.78, 5) is 23.7. The molecule has 19 heavy (non-hydrogen) atoms. The smallest absolute Gasteiger partial charge is 0.311 e. The number of hydrogen-bond donors (Lipinski definition) is 2. The van der Waals surface area contributed by atoms with Crippen LogP contribution >= 0.6 is 0 Å². The summed E-state index contributed by atoms with van der Waals surface area (Å²) in [7, 11) is 0. The molecule has 0 radical (unpaired) electrons. The molecule has 2 N–H and O–H groups in total. The number of carboxylic acid groups (broad SMARTS) is 1. The fraction of sp³-hybridized carbons (Fsp3) is 0.867. The maximum atomic E-state index is 12.3. The highest BCUT2D eigenvalue weighted by atomic mass is 16.4. The molecule has 0 bridgehead atoms. The minimum atomic E-state index is -0.993. The van der Waals surface area contributed by atoms with Crippen molar-refractivity contribution in [3.63, 3.8) is 0 Å². The summed E-state index contributed by atoms with van der Waals surface area (Å²) in [5.41, 5.74) is -1.75. The van der Waals surface area contributed by atoms with E-state index in [0.717, 1.165) is 25.7 Å². The zero-order chi connectivity index (χ0) is 14.7. The van der Waals surface area contributed by atoms with Crippen molar-refractivity contribution in [2.75, 3.05) is 0 Å². The molecule has 1 aliphatic rings. The van der Waals surface area contributed by atoms with Crippen molar-refractivity contribution in [3.05, 3.63) is 0 Å². The van der Waals surface area contributed by atoms with Gasteiger partial charge in [-0.2, -0.15) is 0 Å². The Morgan fingerprint density at radius 1 is 1.00 bits per heavy atom. The van der Waals surface area contributed by atoms with Crippen molar-refractivity contribution in [1.82, 2.24) is 5.32 Å². The summed E-state index contributed by atoms with van der Waals surface area (Å²) in [5.74, 6) is -0.828. The van der Waals surface area contributed by atoms with Crippen molar-refractivity contribution in [2.24, 2.45) is 11.3 Å². The molecule has 1 amide bonds. The van der Waals surface area contributed by atoms with E-state index in [4.69, 9.17) is 0 Å². The minimum Gasteiger partial charge on any atom is -0.481 e. The van der Waals surface area contributed by atoms with E-state index in [2.05, 4.69) is 5.32 Å². The van der Waals surface area contributed by atoms with Gasteiger partial charge in [0.15, 0.2) is 0 Å². The van der Waals surface area contributed by atoms with Crippen molar-refractivity contribution < 1.29 is 14.7 Å². The summed E-state index contributed by atoms with van der Waals surface area (Å²) in [5, 5.41) is 12.2. The van der Waals surface area contributed by atoms with Crippen LogP contribution in [0.15, 0.2) is 0 Å². The maximum absolute atomic E-state index is 12.3. The number of amides is 1. The second-order valence-electron chi connectivity index (χ2n) is 6.73. The average molecular weight is 269 g/mol. The molecule has 0 atom stereocenters. The molecule has 0 spiro atoms. The first-order valence-corrected chi connectivity index (χ1v) is 7.24. The van der Waals surface area contributed by atoms with E-state index in [1.165, 1.54) is 12.8 Å². The van der Waals surface area contributed by atoms with Gasteiger partial charge in [0.05, 0.1) is 5.41 Å². The molecule has 1 fully saturated rings. The van der Waals surface area contributed by atoms with Crippen LogP contribution in [0.25, 0.3) is 0 Å². The highest BCUT2D eigenvalue weighted by molar-refractivity contribution is 5.82. The predicted molar refractivity (Wildman–Crippen MR) is 74.8 cm³/mol. The Morgan fingerprint density at radius 3 is 1.89 bits per heavy atom. The molecular weight excluding hydrogens is 242 g/mol. The third kappa shape index (κ3) is 3.71. The quantitative estimate of drug-likeness (QED) is 0.771. The van der Waals surface area contributed by atoms with E-state index in [1.807, 2.05) is 0 Å². The molecule has 110 valence electrons. The summed E-state index contributed by atoms with van der Waals surface area (Å²) in [6, 6.07) is 0. The molecule has 0 aliphatic heterocycles. The Labute approximate surface area is 116 Å². The Bertz CT molecular complexity index is 339. The van der Waals surface area contributed by atoms with Gasteiger partial charge in [-0.1, -0.05) is 25.7 Å². The van der Waals surface area contributed by atoms with Crippen LogP contribution in [0.1, 0.15) is 66.2 Å². The largest absolute Gasteiger partial charge is 0.481 e. The van der Waals surface area contributed by atoms with E-state index in [0.29, 0.717) is 0 Å². The van der Waals surface area contributed by atoms with E-state index >= 15 is 0 Å². The van der Waals surface area contributed by atoms with Crippen LogP contribution in [-0.4, -0.2) is 22.5 Å². The highest BCUT2D eigenvalue weighted by Crippen LogP contribution is 2.32. The Balaban J connectivity index is 2.71. The maximum Gasteiger partial charge on any atom is 0.311 e. The van der Waals surface area contributed by atoms with Crippen molar-refractivity contribution in [3.8, 4) is 0 Å². The summed E-state index contributed by atoms with van der Waals surface area (Å²) >= 11 is 0. The van der Waals surface area contributed by atoms with Gasteiger partial charge < -0.3 is 10.4 Å². The van der Waals surface area contributed by atoms with Gasteiger partial charge in [-0.3, -0.25) is 9.59 Å². The lowest BCUT2D eigenvalue weighted by atomic mass is 9.74. The number of aliphatic carboxylic acids is 1. The van der Waals surface area contributed by atoms with E-state index in [9.17, 15) is 14.7 Å². The predicted octanol–water partition coefficient (Wildman–Crippen LogP) is 2.96. The van der Waals surface area contributed by atoms with Crippen LogP contribution in [0, 0.1) is 11.3 Å². The second-order valence-corrected chi connectivity index (χ2v) is 6.73. The van der Waals surface area contributed by atoms with Gasteiger partial charge in [-0.25, -0.2) is 0 Å². The fourth-order valence-electron chi connectivity index (χ4n) is 2.38. The molecular formula is C15H27NO3. The average Bonchev–Trinajstić information content (AvgIpc) is 2.56. The first kappa shape index (κ1) is 16.0. The van der Waals surface area contributed by atoms with Crippen LogP contribution in [0.5, 0.6) is 0 Å². The molecule has 0 unspecified atom stereocenters. The van der Waals surface area contributed by atoms with Gasteiger partial charge in [0.1, 0.15) is 0 Å². The van der Waals surface area contributed by atoms with Gasteiger partial charge in [0.2, 0.25) is 5.91 Å². The molecule has 0 heterocycles. The SMILES string of the molecule is CC(C)(NC(=O)C1CCCCCC1)C(C)(C)C(=O)O. The number of carboxylic acids is 1. The van der Waals surface area contributed by atoms with Crippen molar-refractivity contribution >= 4 is 11.9 Å². The third-order valence-electron chi connectivity index (χ3n) is 4.76. The van der Waals surface area contributed by atoms with Crippen LogP contribution in [0.2, 0.25) is 0 Å². The van der Waals surface area contributed by atoms with Gasteiger partial charge in [-0.15, -0.1) is 0 Å². The number of rotatable bonds is 4. The van der Waals surface area contributed by atoms with Crippen LogP contribution in [0.3, 0.4) is 0 Å². The minimum absolute atomic E-state index is 0.0150. The molecule has 0 aromatic carbocycles. The Morgan fingerprint density at radius 2 is 1.47 bits per heavy atom. The third-order valence-corrected chi connectivity index (χ3v) is 4.76. The van der Waals surface area contributed by atoms with Gasteiger partial charge in [-0.05, 0) is 40.5 Å². The standard InChI is InChI=1S/C15H27NO3/c1-14(2,13(18)19)15(3,4)16-12(17)11-9-7-5-6-8-10-11/h11H,5-10H2,1-4H3,(H,16,17)(H,18,19). The normalized spacial score (nSPS) is 18.7. The lowest BCUT2D eigenvalue weighted by Crippen LogP contribution is -2.58. The number of hydrogen-bond acceptors (Lipinski definition) is 2. The molecule has 1 aliphatic carbocycles. The fourth-order valence-corrected chi connectivity index (χ4v) is 2.38. The molecule has 4 nitrogen and oxygen atoms in total. The monoisotopic (exact) mass is 269 g/mol. The number of nitrogens with one attached hydrogen (secondary N) is 1. The molecule has 0 aromatic heterocycles. The lowest BCUT2D eigenvalue weighted by molar-refractivity contribution is -0.152. The zero-order valence-electron chi connectivity index (χ0n) is 12.6.